The molecule has 0 saturated carbocycles. The third-order valence-electron chi connectivity index (χ3n) is 4.90. The smallest absolute Gasteiger partial charge is 0.261 e. The van der Waals surface area contributed by atoms with E-state index in [1.165, 1.54) is 0 Å². The average Bonchev–Trinajstić information content (AvgIpc) is 2.78. The molecule has 2 aromatic carbocycles. The van der Waals surface area contributed by atoms with Crippen LogP contribution in [-0.2, 0) is 16.0 Å². The number of hydrogen-bond acceptors (Lipinski definition) is 4. The van der Waals surface area contributed by atoms with Gasteiger partial charge in [0.25, 0.3) is 5.91 Å². The first-order chi connectivity index (χ1) is 14.6. The zero-order valence-corrected chi connectivity index (χ0v) is 18.1. The third-order valence-corrected chi connectivity index (χ3v) is 4.90. The van der Waals surface area contributed by atoms with Crippen molar-refractivity contribution in [2.24, 2.45) is 0 Å². The Bertz CT molecular complexity index is 795. The number of rotatable bonds is 12. The summed E-state index contributed by atoms with van der Waals surface area (Å²) >= 11 is 0. The molecule has 6 nitrogen and oxygen atoms in total. The first kappa shape index (κ1) is 23.3. The van der Waals surface area contributed by atoms with Gasteiger partial charge in [0.05, 0.1) is 7.11 Å². The molecule has 1 N–H and O–H groups in total. The number of nitrogens with one attached hydrogen (secondary N) is 1. The number of unbranched alkanes of at least 4 members (excludes halogenated alkanes) is 1. The van der Waals surface area contributed by atoms with Crippen LogP contribution in [0.25, 0.3) is 0 Å². The van der Waals surface area contributed by atoms with Crippen molar-refractivity contribution in [1.29, 1.82) is 0 Å². The predicted octanol–water partition coefficient (Wildman–Crippen LogP) is 3.45. The van der Waals surface area contributed by atoms with Crippen LogP contribution in [-0.4, -0.2) is 49.6 Å². The summed E-state index contributed by atoms with van der Waals surface area (Å²) in [6.45, 7) is 4.70. The second-order valence-corrected chi connectivity index (χ2v) is 7.08. The summed E-state index contributed by atoms with van der Waals surface area (Å²) < 4.78 is 11.0. The van der Waals surface area contributed by atoms with E-state index in [9.17, 15) is 9.59 Å². The summed E-state index contributed by atoms with van der Waals surface area (Å²) in [6, 6.07) is 16.5. The minimum atomic E-state index is -0.584. The van der Waals surface area contributed by atoms with Gasteiger partial charge in [-0.05, 0) is 37.5 Å². The lowest BCUT2D eigenvalue weighted by Gasteiger charge is -2.28. The van der Waals surface area contributed by atoms with Gasteiger partial charge in [-0.1, -0.05) is 55.8 Å². The molecule has 0 saturated heterocycles. The molecular formula is C24H32N2O4. The number of hydrogen-bond donors (Lipinski definition) is 1. The second kappa shape index (κ2) is 12.5. The van der Waals surface area contributed by atoms with Crippen LogP contribution in [0.4, 0.5) is 0 Å². The number of para-hydroxylation sites is 2. The fraction of sp³-hybridized carbons (Fsp3) is 0.417. The highest BCUT2D eigenvalue weighted by Gasteiger charge is 2.26. The average molecular weight is 413 g/mol. The van der Waals surface area contributed by atoms with Crippen LogP contribution in [0, 0.1) is 0 Å². The topological polar surface area (TPSA) is 67.9 Å². The molecule has 0 aromatic heterocycles. The number of carbonyl (C=O) groups excluding carboxylic acids is 2. The summed E-state index contributed by atoms with van der Waals surface area (Å²) in [5.74, 6) is 0.667. The van der Waals surface area contributed by atoms with E-state index in [4.69, 9.17) is 9.47 Å². The Morgan fingerprint density at radius 2 is 1.70 bits per heavy atom. The number of amides is 2. The number of methoxy groups -OCH3 is 1. The Morgan fingerprint density at radius 3 is 2.37 bits per heavy atom. The monoisotopic (exact) mass is 412 g/mol. The quantitative estimate of drug-likeness (QED) is 0.542. The number of nitrogens with zero attached hydrogens (tertiary/aromatic N) is 1. The van der Waals surface area contributed by atoms with Crippen LogP contribution in [0.2, 0.25) is 0 Å². The maximum absolute atomic E-state index is 13.0. The van der Waals surface area contributed by atoms with E-state index >= 15 is 0 Å². The third kappa shape index (κ3) is 7.10. The molecule has 0 heterocycles. The minimum absolute atomic E-state index is 0.151. The van der Waals surface area contributed by atoms with E-state index in [1.807, 2.05) is 42.5 Å². The van der Waals surface area contributed by atoms with Crippen molar-refractivity contribution in [3.8, 4) is 11.5 Å². The number of carbonyl (C=O) groups is 2. The van der Waals surface area contributed by atoms with Crippen LogP contribution >= 0.6 is 0 Å². The standard InChI is InChI=1S/C24H32N2O4/c1-4-5-16-25-24(28)19(2)26(17-15-20-11-7-6-8-12-20)23(27)18-30-22-14-10-9-13-21(22)29-3/h6-14,19H,4-5,15-18H2,1-3H3,(H,25,28)/t19-/m1/s1. The highest BCUT2D eigenvalue weighted by Crippen LogP contribution is 2.25. The minimum Gasteiger partial charge on any atom is -0.493 e. The molecule has 1 atom stereocenters. The zero-order valence-electron chi connectivity index (χ0n) is 18.1. The molecule has 2 amide bonds. The molecule has 0 aliphatic carbocycles. The SMILES string of the molecule is CCCCNC(=O)[C@@H](C)N(CCc1ccccc1)C(=O)COc1ccccc1OC. The van der Waals surface area contributed by atoms with Crippen LogP contribution in [0.15, 0.2) is 54.6 Å². The highest BCUT2D eigenvalue weighted by atomic mass is 16.5. The van der Waals surface area contributed by atoms with Gasteiger partial charge in [-0.2, -0.15) is 0 Å². The van der Waals surface area contributed by atoms with Crippen LogP contribution in [0.5, 0.6) is 11.5 Å². The summed E-state index contributed by atoms with van der Waals surface area (Å²) in [7, 11) is 1.55. The predicted molar refractivity (Wildman–Crippen MR) is 118 cm³/mol. The Morgan fingerprint density at radius 1 is 1.03 bits per heavy atom. The van der Waals surface area contributed by atoms with E-state index in [2.05, 4.69) is 12.2 Å². The fourth-order valence-electron chi connectivity index (χ4n) is 3.07. The number of benzene rings is 2. The van der Waals surface area contributed by atoms with Gasteiger partial charge >= 0.3 is 0 Å². The molecular weight excluding hydrogens is 380 g/mol. The summed E-state index contributed by atoms with van der Waals surface area (Å²) in [4.78, 5) is 27.2. The first-order valence-electron chi connectivity index (χ1n) is 10.4. The maximum Gasteiger partial charge on any atom is 0.261 e. The van der Waals surface area contributed by atoms with Crippen molar-refractivity contribution in [3.63, 3.8) is 0 Å². The molecule has 0 aliphatic rings. The molecule has 0 radical (unpaired) electrons. The first-order valence-corrected chi connectivity index (χ1v) is 10.4. The molecule has 6 heteroatoms. The van der Waals surface area contributed by atoms with Crippen molar-refractivity contribution in [2.45, 2.75) is 39.2 Å². The Labute approximate surface area is 179 Å². The van der Waals surface area contributed by atoms with Gasteiger partial charge in [-0.3, -0.25) is 9.59 Å². The fourth-order valence-corrected chi connectivity index (χ4v) is 3.07. The van der Waals surface area contributed by atoms with Crippen molar-refractivity contribution >= 4 is 11.8 Å². The molecule has 0 aliphatic heterocycles. The molecule has 0 spiro atoms. The molecule has 2 aromatic rings. The van der Waals surface area contributed by atoms with Gasteiger partial charge in [0.15, 0.2) is 18.1 Å². The maximum atomic E-state index is 13.0. The van der Waals surface area contributed by atoms with Crippen molar-refractivity contribution in [1.82, 2.24) is 10.2 Å². The van der Waals surface area contributed by atoms with Gasteiger partial charge in [0, 0.05) is 13.1 Å². The van der Waals surface area contributed by atoms with Crippen molar-refractivity contribution in [3.05, 3.63) is 60.2 Å². The molecule has 0 fully saturated rings. The van der Waals surface area contributed by atoms with Crippen LogP contribution < -0.4 is 14.8 Å². The van der Waals surface area contributed by atoms with E-state index in [1.54, 1.807) is 31.1 Å². The van der Waals surface area contributed by atoms with E-state index in [0.717, 1.165) is 18.4 Å². The molecule has 30 heavy (non-hydrogen) atoms. The summed E-state index contributed by atoms with van der Waals surface area (Å²) in [6.07, 6.45) is 2.57. The lowest BCUT2D eigenvalue weighted by molar-refractivity contribution is -0.141. The summed E-state index contributed by atoms with van der Waals surface area (Å²) in [5.41, 5.74) is 1.11. The van der Waals surface area contributed by atoms with E-state index in [-0.39, 0.29) is 18.4 Å². The van der Waals surface area contributed by atoms with Crippen LogP contribution in [0.1, 0.15) is 32.3 Å². The Kier molecular flexibility index (Phi) is 9.71. The van der Waals surface area contributed by atoms with Gasteiger partial charge in [0.1, 0.15) is 6.04 Å². The Hall–Kier alpha value is -3.02. The Balaban J connectivity index is 2.06. The molecule has 2 rings (SSSR count). The van der Waals surface area contributed by atoms with E-state index in [0.29, 0.717) is 31.0 Å². The molecule has 0 unspecified atom stereocenters. The lowest BCUT2D eigenvalue weighted by atomic mass is 10.1. The van der Waals surface area contributed by atoms with Gasteiger partial charge in [0.2, 0.25) is 5.91 Å². The highest BCUT2D eigenvalue weighted by molar-refractivity contribution is 5.88. The lowest BCUT2D eigenvalue weighted by Crippen LogP contribution is -2.50. The second-order valence-electron chi connectivity index (χ2n) is 7.08. The van der Waals surface area contributed by atoms with Gasteiger partial charge in [-0.15, -0.1) is 0 Å². The molecule has 0 bridgehead atoms. The normalized spacial score (nSPS) is 11.4. The van der Waals surface area contributed by atoms with Gasteiger partial charge in [-0.25, -0.2) is 0 Å². The zero-order chi connectivity index (χ0) is 21.8. The van der Waals surface area contributed by atoms with Crippen molar-refractivity contribution in [2.75, 3.05) is 26.8 Å². The van der Waals surface area contributed by atoms with E-state index < -0.39 is 6.04 Å². The molecule has 162 valence electrons. The van der Waals surface area contributed by atoms with Crippen molar-refractivity contribution < 1.29 is 19.1 Å². The summed E-state index contributed by atoms with van der Waals surface area (Å²) in [5, 5.41) is 2.92. The largest absolute Gasteiger partial charge is 0.493 e. The van der Waals surface area contributed by atoms with Gasteiger partial charge < -0.3 is 19.7 Å². The van der Waals surface area contributed by atoms with Crippen LogP contribution in [0.3, 0.4) is 0 Å². The number of ether oxygens (including phenoxy) is 2.